The molecule has 2 unspecified atom stereocenters. The molecule has 0 aromatic heterocycles. The molecule has 0 saturated carbocycles. The highest BCUT2D eigenvalue weighted by molar-refractivity contribution is 5.42. The maximum Gasteiger partial charge on any atom is 0.124 e. The first-order valence-electron chi connectivity index (χ1n) is 8.51. The van der Waals surface area contributed by atoms with Gasteiger partial charge in [0.2, 0.25) is 0 Å². The van der Waals surface area contributed by atoms with Gasteiger partial charge in [-0.25, -0.2) is 0 Å². The molecule has 2 atom stereocenters. The number of ether oxygens (including phenoxy) is 1. The number of hydrogen-bond donors (Lipinski definition) is 1. The van der Waals surface area contributed by atoms with Crippen LogP contribution >= 0.6 is 0 Å². The van der Waals surface area contributed by atoms with E-state index in [1.807, 2.05) is 0 Å². The first kappa shape index (κ1) is 15.8. The standard InChI is InChI=1S/C18H28N2O2/c1-4-19-7-9-20(10-8-19)18-15-11-14(13(2)3)5-6-17(15)22-12-16(18)21/h5-6,11,13,16,18,21H,4,7-10,12H2,1-3H3. The zero-order chi connectivity index (χ0) is 15.7. The van der Waals surface area contributed by atoms with Crippen molar-refractivity contribution < 1.29 is 9.84 Å². The van der Waals surface area contributed by atoms with Gasteiger partial charge in [0.25, 0.3) is 0 Å². The predicted molar refractivity (Wildman–Crippen MR) is 88.5 cm³/mol. The van der Waals surface area contributed by atoms with Crippen molar-refractivity contribution in [1.29, 1.82) is 0 Å². The van der Waals surface area contributed by atoms with Crippen LogP contribution < -0.4 is 4.74 Å². The fraction of sp³-hybridized carbons (Fsp3) is 0.667. The lowest BCUT2D eigenvalue weighted by molar-refractivity contribution is -0.0174. The number of fused-ring (bicyclic) bond motifs is 1. The van der Waals surface area contributed by atoms with E-state index in [0.29, 0.717) is 12.5 Å². The Hall–Kier alpha value is -1.10. The Morgan fingerprint density at radius 3 is 2.59 bits per heavy atom. The van der Waals surface area contributed by atoms with Crippen LogP contribution in [0.3, 0.4) is 0 Å². The summed E-state index contributed by atoms with van der Waals surface area (Å²) >= 11 is 0. The van der Waals surface area contributed by atoms with Crippen molar-refractivity contribution in [1.82, 2.24) is 9.80 Å². The van der Waals surface area contributed by atoms with Gasteiger partial charge in [0, 0.05) is 31.7 Å². The summed E-state index contributed by atoms with van der Waals surface area (Å²) in [6.07, 6.45) is -0.442. The predicted octanol–water partition coefficient (Wildman–Crippen LogP) is 2.24. The third-order valence-corrected chi connectivity index (χ3v) is 5.04. The molecule has 1 aromatic carbocycles. The monoisotopic (exact) mass is 304 g/mol. The number of likely N-dealkylation sites (N-methyl/N-ethyl adjacent to an activating group) is 1. The summed E-state index contributed by atoms with van der Waals surface area (Å²) < 4.78 is 5.75. The molecule has 22 heavy (non-hydrogen) atoms. The van der Waals surface area contributed by atoms with Crippen LogP contribution in [0.5, 0.6) is 5.75 Å². The van der Waals surface area contributed by atoms with Crippen molar-refractivity contribution in [3.05, 3.63) is 29.3 Å². The maximum atomic E-state index is 10.5. The van der Waals surface area contributed by atoms with Crippen LogP contribution in [0, 0.1) is 0 Å². The van der Waals surface area contributed by atoms with Crippen LogP contribution in [0.4, 0.5) is 0 Å². The molecule has 4 nitrogen and oxygen atoms in total. The summed E-state index contributed by atoms with van der Waals surface area (Å²) in [5, 5.41) is 10.5. The molecule has 1 aromatic rings. The number of piperazine rings is 1. The van der Waals surface area contributed by atoms with E-state index in [4.69, 9.17) is 4.74 Å². The molecule has 0 aliphatic carbocycles. The van der Waals surface area contributed by atoms with E-state index in [1.54, 1.807) is 0 Å². The minimum atomic E-state index is -0.442. The largest absolute Gasteiger partial charge is 0.490 e. The number of rotatable bonds is 3. The number of nitrogens with zero attached hydrogens (tertiary/aromatic N) is 2. The van der Waals surface area contributed by atoms with Gasteiger partial charge in [-0.1, -0.05) is 32.9 Å². The zero-order valence-electron chi connectivity index (χ0n) is 14.0. The molecule has 1 N–H and O–H groups in total. The molecule has 0 radical (unpaired) electrons. The van der Waals surface area contributed by atoms with Crippen LogP contribution in [-0.2, 0) is 0 Å². The van der Waals surface area contributed by atoms with Crippen molar-refractivity contribution in [2.75, 3.05) is 39.3 Å². The maximum absolute atomic E-state index is 10.5. The minimum absolute atomic E-state index is 0.0708. The highest BCUT2D eigenvalue weighted by atomic mass is 16.5. The first-order valence-corrected chi connectivity index (χ1v) is 8.51. The van der Waals surface area contributed by atoms with Gasteiger partial charge in [-0.3, -0.25) is 4.90 Å². The second-order valence-corrected chi connectivity index (χ2v) is 6.75. The van der Waals surface area contributed by atoms with Crippen LogP contribution in [0.1, 0.15) is 43.9 Å². The van der Waals surface area contributed by atoms with E-state index >= 15 is 0 Å². The fourth-order valence-corrected chi connectivity index (χ4v) is 3.56. The topological polar surface area (TPSA) is 35.9 Å². The van der Waals surface area contributed by atoms with E-state index in [0.717, 1.165) is 44.0 Å². The van der Waals surface area contributed by atoms with Gasteiger partial charge < -0.3 is 14.7 Å². The molecule has 1 fully saturated rings. The normalized spacial score (nSPS) is 26.8. The highest BCUT2D eigenvalue weighted by Gasteiger charge is 2.35. The Morgan fingerprint density at radius 2 is 1.95 bits per heavy atom. The molecular formula is C18H28N2O2. The second-order valence-electron chi connectivity index (χ2n) is 6.75. The molecule has 2 aliphatic rings. The molecule has 0 spiro atoms. The molecule has 2 heterocycles. The first-order chi connectivity index (χ1) is 10.6. The van der Waals surface area contributed by atoms with E-state index < -0.39 is 6.10 Å². The van der Waals surface area contributed by atoms with Crippen LogP contribution in [0.15, 0.2) is 18.2 Å². The van der Waals surface area contributed by atoms with E-state index in [-0.39, 0.29) is 6.04 Å². The van der Waals surface area contributed by atoms with Gasteiger partial charge >= 0.3 is 0 Å². The average Bonchev–Trinajstić information content (AvgIpc) is 2.54. The summed E-state index contributed by atoms with van der Waals surface area (Å²) in [5.41, 5.74) is 2.48. The van der Waals surface area contributed by atoms with Crippen molar-refractivity contribution in [2.45, 2.75) is 38.8 Å². The summed E-state index contributed by atoms with van der Waals surface area (Å²) in [7, 11) is 0. The van der Waals surface area contributed by atoms with Gasteiger partial charge in [-0.2, -0.15) is 0 Å². The van der Waals surface area contributed by atoms with Gasteiger partial charge in [0.15, 0.2) is 0 Å². The van der Waals surface area contributed by atoms with Crippen molar-refractivity contribution in [3.63, 3.8) is 0 Å². The Morgan fingerprint density at radius 1 is 1.23 bits per heavy atom. The Kier molecular flexibility index (Phi) is 4.71. The third kappa shape index (κ3) is 3.00. The van der Waals surface area contributed by atoms with Crippen LogP contribution in [-0.4, -0.2) is 60.3 Å². The lowest BCUT2D eigenvalue weighted by Crippen LogP contribution is -2.51. The number of hydrogen-bond acceptors (Lipinski definition) is 4. The van der Waals surface area contributed by atoms with Crippen molar-refractivity contribution >= 4 is 0 Å². The zero-order valence-corrected chi connectivity index (χ0v) is 14.0. The van der Waals surface area contributed by atoms with Gasteiger partial charge in [0.1, 0.15) is 18.5 Å². The van der Waals surface area contributed by atoms with Crippen molar-refractivity contribution in [2.24, 2.45) is 0 Å². The van der Waals surface area contributed by atoms with E-state index in [2.05, 4.69) is 48.8 Å². The fourth-order valence-electron chi connectivity index (χ4n) is 3.56. The molecule has 122 valence electrons. The number of benzene rings is 1. The lowest BCUT2D eigenvalue weighted by Gasteiger charge is -2.43. The second kappa shape index (κ2) is 6.57. The van der Waals surface area contributed by atoms with Gasteiger partial charge in [-0.15, -0.1) is 0 Å². The SMILES string of the molecule is CCN1CCN(C2c3cc(C(C)C)ccc3OCC2O)CC1. The lowest BCUT2D eigenvalue weighted by atomic mass is 9.91. The molecule has 3 rings (SSSR count). The number of aliphatic hydroxyl groups is 1. The number of aliphatic hydroxyl groups excluding tert-OH is 1. The van der Waals surface area contributed by atoms with Gasteiger partial charge in [0.05, 0.1) is 6.04 Å². The third-order valence-electron chi connectivity index (χ3n) is 5.04. The molecule has 0 bridgehead atoms. The Balaban J connectivity index is 1.87. The van der Waals surface area contributed by atoms with E-state index in [1.165, 1.54) is 5.56 Å². The summed E-state index contributed by atoms with van der Waals surface area (Å²) in [6, 6.07) is 6.53. The quantitative estimate of drug-likeness (QED) is 0.929. The van der Waals surface area contributed by atoms with E-state index in [9.17, 15) is 5.11 Å². The average molecular weight is 304 g/mol. The molecule has 4 heteroatoms. The van der Waals surface area contributed by atoms with Crippen LogP contribution in [0.25, 0.3) is 0 Å². The minimum Gasteiger partial charge on any atom is -0.490 e. The van der Waals surface area contributed by atoms with Crippen molar-refractivity contribution in [3.8, 4) is 5.75 Å². The van der Waals surface area contributed by atoms with Crippen LogP contribution in [0.2, 0.25) is 0 Å². The summed E-state index contributed by atoms with van der Waals surface area (Å²) in [5.74, 6) is 1.43. The molecule has 1 saturated heterocycles. The molecule has 2 aliphatic heterocycles. The van der Waals surface area contributed by atoms with Gasteiger partial charge in [-0.05, 0) is 24.1 Å². The molecule has 0 amide bonds. The Bertz CT molecular complexity index is 510. The summed E-state index contributed by atoms with van der Waals surface area (Å²) in [6.45, 7) is 12.3. The highest BCUT2D eigenvalue weighted by Crippen LogP contribution is 2.38. The summed E-state index contributed by atoms with van der Waals surface area (Å²) in [4.78, 5) is 4.90. The molecular weight excluding hydrogens is 276 g/mol. The Labute approximate surface area is 133 Å². The smallest absolute Gasteiger partial charge is 0.124 e.